The second-order valence-corrected chi connectivity index (χ2v) is 4.99. The predicted molar refractivity (Wildman–Crippen MR) is 70.8 cm³/mol. The first-order chi connectivity index (χ1) is 8.22. The van der Waals surface area contributed by atoms with Crippen LogP contribution in [0.5, 0.6) is 5.75 Å². The molecule has 0 spiro atoms. The van der Waals surface area contributed by atoms with Gasteiger partial charge in [0.05, 0.1) is 17.0 Å². The monoisotopic (exact) mass is 268 g/mol. The Hall–Kier alpha value is -1.10. The van der Waals surface area contributed by atoms with Gasteiger partial charge in [0.1, 0.15) is 5.75 Å². The molecule has 2 rings (SSSR count). The maximum atomic E-state index is 6.17. The molecule has 0 amide bonds. The number of nitrogens with zero attached hydrogens (tertiary/aromatic N) is 1. The predicted octanol–water partition coefficient (Wildman–Crippen LogP) is 3.05. The number of thiophene rings is 1. The van der Waals surface area contributed by atoms with Gasteiger partial charge in [0, 0.05) is 18.4 Å². The Morgan fingerprint density at radius 2 is 2.35 bits per heavy atom. The highest BCUT2D eigenvalue weighted by Gasteiger charge is 2.15. The molecule has 2 heterocycles. The van der Waals surface area contributed by atoms with Crippen molar-refractivity contribution in [3.05, 3.63) is 45.4 Å². The van der Waals surface area contributed by atoms with Crippen molar-refractivity contribution in [2.24, 2.45) is 5.73 Å². The van der Waals surface area contributed by atoms with Crippen molar-refractivity contribution in [1.82, 2.24) is 4.98 Å². The Morgan fingerprint density at radius 3 is 3.06 bits per heavy atom. The number of halogens is 1. The first-order valence-electron chi connectivity index (χ1n) is 5.17. The van der Waals surface area contributed by atoms with Gasteiger partial charge in [-0.3, -0.25) is 4.98 Å². The Kier molecular flexibility index (Phi) is 3.99. The number of hydrogen-bond donors (Lipinski definition) is 1. The molecular formula is C12H13ClN2OS. The van der Waals surface area contributed by atoms with Crippen molar-refractivity contribution in [3.8, 4) is 5.75 Å². The van der Waals surface area contributed by atoms with Crippen LogP contribution >= 0.6 is 22.9 Å². The average Bonchev–Trinajstić information content (AvgIpc) is 2.80. The molecule has 0 aliphatic heterocycles. The van der Waals surface area contributed by atoms with Crippen LogP contribution in [0.3, 0.4) is 0 Å². The van der Waals surface area contributed by atoms with Crippen LogP contribution in [0.25, 0.3) is 0 Å². The molecule has 0 saturated carbocycles. The van der Waals surface area contributed by atoms with Gasteiger partial charge in [-0.05, 0) is 29.5 Å². The summed E-state index contributed by atoms with van der Waals surface area (Å²) in [6.07, 6.45) is 4.03. The standard InChI is InChI=1S/C12H13ClN2OS/c1-16-11-3-5-17-12(11)10(14)6-8-2-4-15-7-9(8)13/h2-5,7,10H,6,14H2,1H3. The molecule has 0 saturated heterocycles. The van der Waals surface area contributed by atoms with Crippen LogP contribution < -0.4 is 10.5 Å². The summed E-state index contributed by atoms with van der Waals surface area (Å²) in [7, 11) is 1.65. The zero-order valence-corrected chi connectivity index (χ0v) is 11.0. The molecule has 1 unspecified atom stereocenters. The molecule has 17 heavy (non-hydrogen) atoms. The minimum atomic E-state index is -0.107. The van der Waals surface area contributed by atoms with Crippen LogP contribution in [-0.2, 0) is 6.42 Å². The van der Waals surface area contributed by atoms with Crippen LogP contribution in [0.2, 0.25) is 5.02 Å². The summed E-state index contributed by atoms with van der Waals surface area (Å²) >= 11 is 7.66. The van der Waals surface area contributed by atoms with E-state index in [1.807, 2.05) is 17.5 Å². The van der Waals surface area contributed by atoms with Crippen molar-refractivity contribution in [1.29, 1.82) is 0 Å². The van der Waals surface area contributed by atoms with E-state index in [1.54, 1.807) is 30.8 Å². The summed E-state index contributed by atoms with van der Waals surface area (Å²) in [5.41, 5.74) is 7.17. The fourth-order valence-corrected chi connectivity index (χ4v) is 2.71. The van der Waals surface area contributed by atoms with E-state index in [0.717, 1.165) is 16.2 Å². The largest absolute Gasteiger partial charge is 0.496 e. The van der Waals surface area contributed by atoms with Crippen LogP contribution in [0.4, 0.5) is 0 Å². The molecule has 0 bridgehead atoms. The van der Waals surface area contributed by atoms with Crippen molar-refractivity contribution in [3.63, 3.8) is 0 Å². The number of aromatic nitrogens is 1. The summed E-state index contributed by atoms with van der Waals surface area (Å²) in [5, 5.41) is 2.63. The Morgan fingerprint density at radius 1 is 1.53 bits per heavy atom. The van der Waals surface area contributed by atoms with Crippen molar-refractivity contribution in [2.75, 3.05) is 7.11 Å². The number of ether oxygens (including phenoxy) is 1. The SMILES string of the molecule is COc1ccsc1C(N)Cc1ccncc1Cl. The van der Waals surface area contributed by atoms with Gasteiger partial charge in [0.25, 0.3) is 0 Å². The summed E-state index contributed by atoms with van der Waals surface area (Å²) in [4.78, 5) is 5.00. The number of nitrogens with two attached hydrogens (primary N) is 1. The first kappa shape index (κ1) is 12.4. The van der Waals surface area contributed by atoms with Crippen LogP contribution in [0, 0.1) is 0 Å². The topological polar surface area (TPSA) is 48.1 Å². The lowest BCUT2D eigenvalue weighted by Crippen LogP contribution is -2.13. The highest BCUT2D eigenvalue weighted by Crippen LogP contribution is 2.32. The fraction of sp³-hybridized carbons (Fsp3) is 0.250. The van der Waals surface area contributed by atoms with Gasteiger partial charge in [0.2, 0.25) is 0 Å². The normalized spacial score (nSPS) is 12.4. The highest BCUT2D eigenvalue weighted by molar-refractivity contribution is 7.10. The summed E-state index contributed by atoms with van der Waals surface area (Å²) in [6, 6.07) is 3.71. The maximum Gasteiger partial charge on any atom is 0.134 e. The Labute approximate surface area is 109 Å². The van der Waals surface area contributed by atoms with E-state index < -0.39 is 0 Å². The zero-order valence-electron chi connectivity index (χ0n) is 9.39. The number of methoxy groups -OCH3 is 1. The summed E-state index contributed by atoms with van der Waals surface area (Å²) in [5.74, 6) is 0.840. The van der Waals surface area contributed by atoms with E-state index in [2.05, 4.69) is 4.98 Å². The molecule has 1 atom stereocenters. The van der Waals surface area contributed by atoms with Crippen molar-refractivity contribution < 1.29 is 4.74 Å². The van der Waals surface area contributed by atoms with Gasteiger partial charge in [-0.25, -0.2) is 0 Å². The van der Waals surface area contributed by atoms with E-state index in [4.69, 9.17) is 22.1 Å². The van der Waals surface area contributed by atoms with E-state index >= 15 is 0 Å². The molecule has 0 fully saturated rings. The fourth-order valence-electron chi connectivity index (χ4n) is 1.65. The van der Waals surface area contributed by atoms with E-state index in [0.29, 0.717) is 11.4 Å². The third kappa shape index (κ3) is 2.77. The Balaban J connectivity index is 2.17. The molecular weight excluding hydrogens is 256 g/mol. The third-order valence-corrected chi connectivity index (χ3v) is 3.88. The minimum Gasteiger partial charge on any atom is -0.496 e. The molecule has 0 aromatic carbocycles. The lowest BCUT2D eigenvalue weighted by Gasteiger charge is -2.12. The second-order valence-electron chi connectivity index (χ2n) is 3.63. The molecule has 5 heteroatoms. The van der Waals surface area contributed by atoms with E-state index in [-0.39, 0.29) is 6.04 Å². The molecule has 0 radical (unpaired) electrons. The second kappa shape index (κ2) is 5.49. The molecule has 0 aliphatic rings. The van der Waals surface area contributed by atoms with Gasteiger partial charge in [-0.1, -0.05) is 11.6 Å². The number of hydrogen-bond acceptors (Lipinski definition) is 4. The highest BCUT2D eigenvalue weighted by atomic mass is 35.5. The lowest BCUT2D eigenvalue weighted by molar-refractivity contribution is 0.409. The van der Waals surface area contributed by atoms with E-state index in [9.17, 15) is 0 Å². The van der Waals surface area contributed by atoms with Crippen molar-refractivity contribution >= 4 is 22.9 Å². The van der Waals surface area contributed by atoms with Gasteiger partial charge < -0.3 is 10.5 Å². The van der Waals surface area contributed by atoms with Crippen molar-refractivity contribution in [2.45, 2.75) is 12.5 Å². The summed E-state index contributed by atoms with van der Waals surface area (Å²) in [6.45, 7) is 0. The molecule has 2 N–H and O–H groups in total. The maximum absolute atomic E-state index is 6.17. The summed E-state index contributed by atoms with van der Waals surface area (Å²) < 4.78 is 5.26. The molecule has 90 valence electrons. The molecule has 3 nitrogen and oxygen atoms in total. The smallest absolute Gasteiger partial charge is 0.134 e. The van der Waals surface area contributed by atoms with Gasteiger partial charge in [-0.15, -0.1) is 11.3 Å². The minimum absolute atomic E-state index is 0.107. The zero-order chi connectivity index (χ0) is 12.3. The Bertz CT molecular complexity index is 501. The first-order valence-corrected chi connectivity index (χ1v) is 6.43. The van der Waals surface area contributed by atoms with Gasteiger partial charge in [-0.2, -0.15) is 0 Å². The molecule has 2 aromatic heterocycles. The van der Waals surface area contributed by atoms with Gasteiger partial charge >= 0.3 is 0 Å². The lowest BCUT2D eigenvalue weighted by atomic mass is 10.1. The third-order valence-electron chi connectivity index (χ3n) is 2.51. The quantitative estimate of drug-likeness (QED) is 0.927. The number of pyridine rings is 1. The van der Waals surface area contributed by atoms with Gasteiger partial charge in [0.15, 0.2) is 0 Å². The number of rotatable bonds is 4. The van der Waals surface area contributed by atoms with Crippen LogP contribution in [0.15, 0.2) is 29.9 Å². The molecule has 2 aromatic rings. The van der Waals surface area contributed by atoms with E-state index in [1.165, 1.54) is 0 Å². The van der Waals surface area contributed by atoms with Crippen LogP contribution in [-0.4, -0.2) is 12.1 Å². The van der Waals surface area contributed by atoms with Crippen LogP contribution in [0.1, 0.15) is 16.5 Å². The molecule has 0 aliphatic carbocycles. The average molecular weight is 269 g/mol.